The minimum atomic E-state index is -0.141. The molecule has 1 amide bonds. The summed E-state index contributed by atoms with van der Waals surface area (Å²) in [5.74, 6) is 2.03. The first-order chi connectivity index (χ1) is 13.6. The van der Waals surface area contributed by atoms with Crippen LogP contribution in [0.1, 0.15) is 18.1 Å². The molecule has 0 aliphatic carbocycles. The maximum absolute atomic E-state index is 11.4. The molecule has 1 heterocycles. The van der Waals surface area contributed by atoms with Crippen LogP contribution in [-0.4, -0.2) is 23.0 Å². The van der Waals surface area contributed by atoms with Crippen molar-refractivity contribution in [2.45, 2.75) is 24.2 Å². The van der Waals surface area contributed by atoms with Gasteiger partial charge in [0.05, 0.1) is 25.2 Å². The van der Waals surface area contributed by atoms with Crippen LogP contribution in [-0.2, 0) is 17.1 Å². The zero-order valence-corrected chi connectivity index (χ0v) is 16.6. The molecule has 0 spiro atoms. The topological polar surface area (TPSA) is 76.1 Å². The lowest BCUT2D eigenvalue weighted by Gasteiger charge is -2.12. The standard InChI is InChI=1S/C21H22N4O2S/c1-15(26)24-18-10-17(8-9-19(18)27-2)11-23-20-12-22-13-21(25-20)28-14-16-6-4-3-5-7-16/h3-10,12-13H,11,14H2,1-2H3,(H,23,25)(H,24,26). The van der Waals surface area contributed by atoms with Crippen LogP contribution >= 0.6 is 11.8 Å². The van der Waals surface area contributed by atoms with Crippen molar-refractivity contribution >= 4 is 29.2 Å². The van der Waals surface area contributed by atoms with Crippen LogP contribution < -0.4 is 15.4 Å². The zero-order valence-electron chi connectivity index (χ0n) is 15.8. The van der Waals surface area contributed by atoms with Crippen LogP contribution in [0, 0.1) is 0 Å². The number of benzene rings is 2. The van der Waals surface area contributed by atoms with Gasteiger partial charge in [-0.1, -0.05) is 36.4 Å². The van der Waals surface area contributed by atoms with E-state index in [-0.39, 0.29) is 5.91 Å². The molecule has 0 fully saturated rings. The number of carbonyl (C=O) groups is 1. The maximum atomic E-state index is 11.4. The normalized spacial score (nSPS) is 10.4. The molecule has 7 heteroatoms. The summed E-state index contributed by atoms with van der Waals surface area (Å²) in [6.45, 7) is 2.02. The Morgan fingerprint density at radius 1 is 1.11 bits per heavy atom. The van der Waals surface area contributed by atoms with Crippen molar-refractivity contribution in [1.82, 2.24) is 9.97 Å². The summed E-state index contributed by atoms with van der Waals surface area (Å²) in [7, 11) is 1.58. The third-order valence-corrected chi connectivity index (χ3v) is 4.86. The van der Waals surface area contributed by atoms with Crippen LogP contribution in [0.3, 0.4) is 0 Å². The molecule has 2 aromatic carbocycles. The molecular formula is C21H22N4O2S. The second-order valence-electron chi connectivity index (χ2n) is 6.09. The lowest BCUT2D eigenvalue weighted by atomic mass is 10.2. The monoisotopic (exact) mass is 394 g/mol. The van der Waals surface area contributed by atoms with E-state index in [2.05, 4.69) is 32.7 Å². The van der Waals surface area contributed by atoms with Crippen molar-refractivity contribution in [3.05, 3.63) is 72.1 Å². The van der Waals surface area contributed by atoms with E-state index in [9.17, 15) is 4.79 Å². The van der Waals surface area contributed by atoms with Crippen LogP contribution in [0.4, 0.5) is 11.5 Å². The van der Waals surface area contributed by atoms with Gasteiger partial charge in [-0.25, -0.2) is 4.98 Å². The van der Waals surface area contributed by atoms with Crippen molar-refractivity contribution in [1.29, 1.82) is 0 Å². The minimum Gasteiger partial charge on any atom is -0.495 e. The molecule has 0 unspecified atom stereocenters. The molecule has 28 heavy (non-hydrogen) atoms. The molecule has 0 bridgehead atoms. The predicted octanol–water partition coefficient (Wildman–Crippen LogP) is 4.35. The molecule has 2 N–H and O–H groups in total. The van der Waals surface area contributed by atoms with Gasteiger partial charge in [0.25, 0.3) is 0 Å². The Balaban J connectivity index is 1.62. The number of methoxy groups -OCH3 is 1. The number of thioether (sulfide) groups is 1. The van der Waals surface area contributed by atoms with E-state index in [1.165, 1.54) is 12.5 Å². The molecule has 0 saturated carbocycles. The smallest absolute Gasteiger partial charge is 0.221 e. The summed E-state index contributed by atoms with van der Waals surface area (Å²) in [6.07, 6.45) is 3.46. The number of nitrogens with zero attached hydrogens (tertiary/aromatic N) is 2. The fourth-order valence-corrected chi connectivity index (χ4v) is 3.38. The van der Waals surface area contributed by atoms with E-state index >= 15 is 0 Å². The number of nitrogens with one attached hydrogen (secondary N) is 2. The molecule has 0 aliphatic heterocycles. The number of anilines is 2. The lowest BCUT2D eigenvalue weighted by molar-refractivity contribution is -0.114. The Labute approximate surface area is 168 Å². The molecule has 0 radical (unpaired) electrons. The Hall–Kier alpha value is -3.06. The van der Waals surface area contributed by atoms with Gasteiger partial charge in [-0.2, -0.15) is 0 Å². The number of amides is 1. The first kappa shape index (κ1) is 19.7. The van der Waals surface area contributed by atoms with Crippen LogP contribution in [0.25, 0.3) is 0 Å². The van der Waals surface area contributed by atoms with Crippen molar-refractivity contribution < 1.29 is 9.53 Å². The van der Waals surface area contributed by atoms with Gasteiger partial charge in [-0.15, -0.1) is 11.8 Å². The number of ether oxygens (including phenoxy) is 1. The Kier molecular flexibility index (Phi) is 6.86. The zero-order chi connectivity index (χ0) is 19.8. The average molecular weight is 395 g/mol. The minimum absolute atomic E-state index is 0.141. The largest absolute Gasteiger partial charge is 0.495 e. The second kappa shape index (κ2) is 9.75. The molecule has 3 aromatic rings. The van der Waals surface area contributed by atoms with E-state index in [4.69, 9.17) is 4.74 Å². The van der Waals surface area contributed by atoms with Crippen LogP contribution in [0.2, 0.25) is 0 Å². The van der Waals surface area contributed by atoms with Gasteiger partial charge in [0.15, 0.2) is 0 Å². The third-order valence-electron chi connectivity index (χ3n) is 3.89. The maximum Gasteiger partial charge on any atom is 0.221 e. The molecule has 0 atom stereocenters. The van der Waals surface area contributed by atoms with Crippen molar-refractivity contribution in [2.75, 3.05) is 17.7 Å². The number of aromatic nitrogens is 2. The molecule has 144 valence electrons. The summed E-state index contributed by atoms with van der Waals surface area (Å²) in [4.78, 5) is 20.2. The molecule has 6 nitrogen and oxygen atoms in total. The Morgan fingerprint density at radius 2 is 1.93 bits per heavy atom. The van der Waals surface area contributed by atoms with Gasteiger partial charge in [-0.3, -0.25) is 9.78 Å². The average Bonchev–Trinajstić information content (AvgIpc) is 2.71. The Morgan fingerprint density at radius 3 is 2.68 bits per heavy atom. The highest BCUT2D eigenvalue weighted by Crippen LogP contribution is 2.26. The van der Waals surface area contributed by atoms with Gasteiger partial charge in [0.2, 0.25) is 5.91 Å². The highest BCUT2D eigenvalue weighted by Gasteiger charge is 2.07. The summed E-state index contributed by atoms with van der Waals surface area (Å²) in [5.41, 5.74) is 2.89. The number of rotatable bonds is 8. The molecule has 0 saturated heterocycles. The number of hydrogen-bond donors (Lipinski definition) is 2. The van der Waals surface area contributed by atoms with Gasteiger partial charge in [0, 0.05) is 19.2 Å². The van der Waals surface area contributed by atoms with E-state index in [0.717, 1.165) is 16.3 Å². The first-order valence-corrected chi connectivity index (χ1v) is 9.80. The highest BCUT2D eigenvalue weighted by molar-refractivity contribution is 7.98. The van der Waals surface area contributed by atoms with E-state index < -0.39 is 0 Å². The van der Waals surface area contributed by atoms with Crippen molar-refractivity contribution in [3.8, 4) is 5.75 Å². The van der Waals surface area contributed by atoms with Gasteiger partial charge < -0.3 is 15.4 Å². The second-order valence-corrected chi connectivity index (χ2v) is 7.08. The third kappa shape index (κ3) is 5.72. The van der Waals surface area contributed by atoms with Gasteiger partial charge in [0.1, 0.15) is 16.6 Å². The Bertz CT molecular complexity index is 935. The van der Waals surface area contributed by atoms with E-state index in [1.807, 2.05) is 36.4 Å². The van der Waals surface area contributed by atoms with Crippen molar-refractivity contribution in [2.24, 2.45) is 0 Å². The molecule has 0 aliphatic rings. The summed E-state index contributed by atoms with van der Waals surface area (Å²) in [6, 6.07) is 15.9. The van der Waals surface area contributed by atoms with E-state index in [0.29, 0.717) is 23.8 Å². The number of hydrogen-bond acceptors (Lipinski definition) is 6. The fraction of sp³-hybridized carbons (Fsp3) is 0.190. The number of carbonyl (C=O) groups excluding carboxylic acids is 1. The summed E-state index contributed by atoms with van der Waals surface area (Å²) >= 11 is 1.65. The quantitative estimate of drug-likeness (QED) is 0.553. The predicted molar refractivity (Wildman–Crippen MR) is 113 cm³/mol. The van der Waals surface area contributed by atoms with Crippen LogP contribution in [0.5, 0.6) is 5.75 Å². The molecule has 1 aromatic heterocycles. The van der Waals surface area contributed by atoms with E-state index in [1.54, 1.807) is 31.3 Å². The first-order valence-electron chi connectivity index (χ1n) is 8.81. The summed E-state index contributed by atoms with van der Waals surface area (Å²) < 4.78 is 5.28. The lowest BCUT2D eigenvalue weighted by Crippen LogP contribution is -2.08. The highest BCUT2D eigenvalue weighted by atomic mass is 32.2. The SMILES string of the molecule is COc1ccc(CNc2cncc(SCc3ccccc3)n2)cc1NC(C)=O. The van der Waals surface area contributed by atoms with Crippen LogP contribution in [0.15, 0.2) is 66.0 Å². The summed E-state index contributed by atoms with van der Waals surface area (Å²) in [5, 5.41) is 6.92. The molecular weight excluding hydrogens is 372 g/mol. The van der Waals surface area contributed by atoms with Gasteiger partial charge in [-0.05, 0) is 23.3 Å². The fourth-order valence-electron chi connectivity index (χ4n) is 2.58. The molecule has 3 rings (SSSR count). The van der Waals surface area contributed by atoms with Gasteiger partial charge >= 0.3 is 0 Å². The van der Waals surface area contributed by atoms with Crippen molar-refractivity contribution in [3.63, 3.8) is 0 Å².